The first kappa shape index (κ1) is 13.7. The van der Waals surface area contributed by atoms with E-state index in [0.717, 1.165) is 18.9 Å². The number of halogens is 2. The third-order valence-corrected chi connectivity index (χ3v) is 2.50. The number of anilines is 2. The van der Waals surface area contributed by atoms with Gasteiger partial charge in [0.15, 0.2) is 23.3 Å². The van der Waals surface area contributed by atoms with E-state index in [4.69, 9.17) is 0 Å². The molecule has 0 saturated carbocycles. The van der Waals surface area contributed by atoms with Crippen LogP contribution in [0.25, 0.3) is 0 Å². The largest absolute Gasteiger partial charge is 0.371 e. The molecule has 0 aromatic carbocycles. The first-order chi connectivity index (χ1) is 7.89. The average molecular weight is 243 g/mol. The van der Waals surface area contributed by atoms with Gasteiger partial charge in [0.25, 0.3) is 0 Å². The number of nitrogens with one attached hydrogen (secondary N) is 2. The molecule has 0 aliphatic heterocycles. The van der Waals surface area contributed by atoms with Crippen molar-refractivity contribution in [3.8, 4) is 0 Å². The molecule has 0 amide bonds. The lowest BCUT2D eigenvalue weighted by molar-refractivity contribution is 0.499. The van der Waals surface area contributed by atoms with Crippen molar-refractivity contribution >= 4 is 11.6 Å². The monoisotopic (exact) mass is 243 g/mol. The lowest BCUT2D eigenvalue weighted by Gasteiger charge is -2.26. The Morgan fingerprint density at radius 3 is 2.35 bits per heavy atom. The Balaban J connectivity index is 2.98. The van der Waals surface area contributed by atoms with E-state index in [9.17, 15) is 8.78 Å². The number of nitrogens with zero attached hydrogens (tertiary/aromatic N) is 1. The zero-order valence-electron chi connectivity index (χ0n) is 10.7. The fraction of sp³-hybridized carbons (Fsp3) is 0.583. The van der Waals surface area contributed by atoms with Gasteiger partial charge in [0.1, 0.15) is 0 Å². The van der Waals surface area contributed by atoms with Crippen molar-refractivity contribution in [2.24, 2.45) is 0 Å². The van der Waals surface area contributed by atoms with Gasteiger partial charge in [-0.2, -0.15) is 0 Å². The first-order valence-electron chi connectivity index (χ1n) is 5.71. The smallest absolute Gasteiger partial charge is 0.168 e. The second-order valence-electron chi connectivity index (χ2n) is 4.66. The van der Waals surface area contributed by atoms with Gasteiger partial charge < -0.3 is 10.6 Å². The van der Waals surface area contributed by atoms with Crippen LogP contribution in [0, 0.1) is 11.6 Å². The predicted molar refractivity (Wildman–Crippen MR) is 66.3 cm³/mol. The molecule has 0 radical (unpaired) electrons. The molecule has 0 aliphatic rings. The van der Waals surface area contributed by atoms with Crippen LogP contribution in [-0.4, -0.2) is 17.6 Å². The molecule has 3 nitrogen and oxygen atoms in total. The second kappa shape index (κ2) is 5.29. The molecule has 0 spiro atoms. The minimum Gasteiger partial charge on any atom is -0.371 e. The summed E-state index contributed by atoms with van der Waals surface area (Å²) in [7, 11) is 1.55. The average Bonchev–Trinajstić information content (AvgIpc) is 2.21. The van der Waals surface area contributed by atoms with Gasteiger partial charge in [-0.05, 0) is 20.3 Å². The summed E-state index contributed by atoms with van der Waals surface area (Å²) < 4.78 is 26.8. The minimum atomic E-state index is -0.691. The van der Waals surface area contributed by atoms with E-state index < -0.39 is 11.6 Å². The molecule has 0 aliphatic carbocycles. The molecule has 5 heteroatoms. The predicted octanol–water partition coefficient (Wildman–Crippen LogP) is 3.39. The molecule has 17 heavy (non-hydrogen) atoms. The highest BCUT2D eigenvalue weighted by Gasteiger charge is 2.20. The third-order valence-electron chi connectivity index (χ3n) is 2.50. The van der Waals surface area contributed by atoms with E-state index in [1.165, 1.54) is 0 Å². The number of hydrogen-bond donors (Lipinski definition) is 2. The van der Waals surface area contributed by atoms with Crippen LogP contribution in [0.1, 0.15) is 33.6 Å². The minimum absolute atomic E-state index is 0.0428. The summed E-state index contributed by atoms with van der Waals surface area (Å²) in [5, 5.41) is 5.58. The van der Waals surface area contributed by atoms with Gasteiger partial charge in [0.05, 0.1) is 0 Å². The van der Waals surface area contributed by atoms with Crippen LogP contribution < -0.4 is 10.6 Å². The summed E-state index contributed by atoms with van der Waals surface area (Å²) in [6, 6.07) is 0.837. The van der Waals surface area contributed by atoms with Gasteiger partial charge in [-0.25, -0.2) is 13.8 Å². The van der Waals surface area contributed by atoms with E-state index >= 15 is 0 Å². The van der Waals surface area contributed by atoms with Gasteiger partial charge in [-0.3, -0.25) is 0 Å². The quantitative estimate of drug-likeness (QED) is 0.832. The lowest BCUT2D eigenvalue weighted by Crippen LogP contribution is -2.31. The molecule has 1 aromatic heterocycles. The molecule has 0 bridgehead atoms. The molecule has 0 unspecified atom stereocenters. The summed E-state index contributed by atoms with van der Waals surface area (Å²) in [6.07, 6.45) is 1.85. The van der Waals surface area contributed by atoms with Gasteiger partial charge >= 0.3 is 0 Å². The van der Waals surface area contributed by atoms with Crippen LogP contribution in [0.5, 0.6) is 0 Å². The van der Waals surface area contributed by atoms with Crippen molar-refractivity contribution in [2.45, 2.75) is 39.2 Å². The van der Waals surface area contributed by atoms with Gasteiger partial charge in [0, 0.05) is 18.7 Å². The second-order valence-corrected chi connectivity index (χ2v) is 4.66. The maximum Gasteiger partial charge on any atom is 0.168 e. The number of aromatic nitrogens is 1. The molecule has 1 heterocycles. The molecular formula is C12H19F2N3. The molecule has 0 fully saturated rings. The third kappa shape index (κ3) is 3.54. The highest BCUT2D eigenvalue weighted by atomic mass is 19.1. The summed E-state index contributed by atoms with van der Waals surface area (Å²) in [5.74, 6) is -1.25. The van der Waals surface area contributed by atoms with Crippen LogP contribution in [-0.2, 0) is 0 Å². The number of pyridine rings is 1. The van der Waals surface area contributed by atoms with E-state index in [-0.39, 0.29) is 17.2 Å². The van der Waals surface area contributed by atoms with Crippen molar-refractivity contribution in [3.63, 3.8) is 0 Å². The maximum absolute atomic E-state index is 13.5. The Morgan fingerprint density at radius 1 is 1.24 bits per heavy atom. The van der Waals surface area contributed by atoms with Crippen molar-refractivity contribution in [1.29, 1.82) is 0 Å². The van der Waals surface area contributed by atoms with Crippen molar-refractivity contribution in [1.82, 2.24) is 4.98 Å². The van der Waals surface area contributed by atoms with Crippen LogP contribution in [0.4, 0.5) is 20.4 Å². The van der Waals surface area contributed by atoms with Gasteiger partial charge in [-0.1, -0.05) is 13.3 Å². The SMILES string of the molecule is CCCC(C)(C)Nc1nc(NC)c(F)cc1F. The zero-order valence-corrected chi connectivity index (χ0v) is 10.7. The maximum atomic E-state index is 13.5. The standard InChI is InChI=1S/C12H19F2N3/c1-5-6-12(2,3)17-11-9(14)7-8(13)10(15-4)16-11/h7H,5-6H2,1-4H3,(H2,15,16,17). The molecule has 2 N–H and O–H groups in total. The van der Waals surface area contributed by atoms with Crippen molar-refractivity contribution in [3.05, 3.63) is 17.7 Å². The molecule has 0 atom stereocenters. The van der Waals surface area contributed by atoms with Crippen LogP contribution in [0.2, 0.25) is 0 Å². The fourth-order valence-electron chi connectivity index (χ4n) is 1.74. The van der Waals surface area contributed by atoms with E-state index in [2.05, 4.69) is 22.5 Å². The topological polar surface area (TPSA) is 37.0 Å². The Bertz CT molecular complexity index is 392. The highest BCUT2D eigenvalue weighted by Crippen LogP contribution is 2.23. The normalized spacial score (nSPS) is 11.4. The molecule has 1 aromatic rings. The summed E-state index contributed by atoms with van der Waals surface area (Å²) in [5.41, 5.74) is -0.272. The summed E-state index contributed by atoms with van der Waals surface area (Å²) in [6.45, 7) is 5.97. The zero-order chi connectivity index (χ0) is 13.1. The number of hydrogen-bond acceptors (Lipinski definition) is 3. The van der Waals surface area contributed by atoms with E-state index in [1.54, 1.807) is 7.05 Å². The van der Waals surface area contributed by atoms with Crippen molar-refractivity contribution in [2.75, 3.05) is 17.7 Å². The highest BCUT2D eigenvalue weighted by molar-refractivity contribution is 5.48. The first-order valence-corrected chi connectivity index (χ1v) is 5.71. The van der Waals surface area contributed by atoms with Crippen LogP contribution in [0.15, 0.2) is 6.07 Å². The van der Waals surface area contributed by atoms with Crippen LogP contribution in [0.3, 0.4) is 0 Å². The Labute approximate surface area is 101 Å². The summed E-state index contributed by atoms with van der Waals surface area (Å²) >= 11 is 0. The Kier molecular flexibility index (Phi) is 4.26. The van der Waals surface area contributed by atoms with E-state index in [0.29, 0.717) is 0 Å². The molecule has 0 saturated heterocycles. The van der Waals surface area contributed by atoms with Gasteiger partial charge in [0.2, 0.25) is 0 Å². The fourth-order valence-corrected chi connectivity index (χ4v) is 1.74. The lowest BCUT2D eigenvalue weighted by atomic mass is 9.99. The summed E-state index contributed by atoms with van der Waals surface area (Å²) in [4.78, 5) is 3.89. The van der Waals surface area contributed by atoms with Crippen LogP contribution >= 0.6 is 0 Å². The van der Waals surface area contributed by atoms with E-state index in [1.807, 2.05) is 13.8 Å². The number of rotatable bonds is 5. The van der Waals surface area contributed by atoms with Crippen molar-refractivity contribution < 1.29 is 8.78 Å². The molecule has 1 rings (SSSR count). The van der Waals surface area contributed by atoms with Gasteiger partial charge in [-0.15, -0.1) is 0 Å². The molecular weight excluding hydrogens is 224 g/mol. The Morgan fingerprint density at radius 2 is 1.82 bits per heavy atom. The Hall–Kier alpha value is -1.39. The molecule has 96 valence electrons.